The first kappa shape index (κ1) is 16.5. The first-order chi connectivity index (χ1) is 10.6. The van der Waals surface area contributed by atoms with Gasteiger partial charge < -0.3 is 10.2 Å². The van der Waals surface area contributed by atoms with Crippen LogP contribution < -0.4 is 10.2 Å². The molecule has 2 N–H and O–H groups in total. The molecule has 0 aliphatic heterocycles. The predicted octanol–water partition coefficient (Wildman–Crippen LogP) is 1.81. The minimum atomic E-state index is -0.306. The third kappa shape index (κ3) is 4.83. The standard InChI is InChI=1S/C17H18ClFN2O/c1-21(11-14-7-2-4-8-15(14)18)12-17(22)20-10-13-6-3-5-9-16(13)19/h2-9H,10-12H2,1H3,(H,20,22)/p+1. The summed E-state index contributed by atoms with van der Waals surface area (Å²) in [5.41, 5.74) is 1.49. The molecule has 3 nitrogen and oxygen atoms in total. The summed E-state index contributed by atoms with van der Waals surface area (Å²) in [4.78, 5) is 12.9. The van der Waals surface area contributed by atoms with Gasteiger partial charge in [-0.25, -0.2) is 4.39 Å². The highest BCUT2D eigenvalue weighted by Crippen LogP contribution is 2.13. The van der Waals surface area contributed by atoms with E-state index in [1.165, 1.54) is 6.07 Å². The number of carbonyl (C=O) groups excluding carboxylic acids is 1. The third-order valence-electron chi connectivity index (χ3n) is 3.35. The van der Waals surface area contributed by atoms with Crippen LogP contribution in [0, 0.1) is 5.82 Å². The smallest absolute Gasteiger partial charge is 0.275 e. The van der Waals surface area contributed by atoms with E-state index in [1.54, 1.807) is 18.2 Å². The fourth-order valence-electron chi connectivity index (χ4n) is 2.20. The molecule has 2 aromatic rings. The number of hydrogen-bond acceptors (Lipinski definition) is 1. The van der Waals surface area contributed by atoms with Crippen molar-refractivity contribution in [2.24, 2.45) is 0 Å². The number of likely N-dealkylation sites (N-methyl/N-ethyl adjacent to an activating group) is 1. The molecule has 0 radical (unpaired) electrons. The summed E-state index contributed by atoms with van der Waals surface area (Å²) in [6.45, 7) is 1.16. The zero-order valence-electron chi connectivity index (χ0n) is 12.4. The third-order valence-corrected chi connectivity index (χ3v) is 3.71. The van der Waals surface area contributed by atoms with Crippen LogP contribution in [0.15, 0.2) is 48.5 Å². The number of amides is 1. The molecule has 0 aliphatic carbocycles. The van der Waals surface area contributed by atoms with E-state index in [0.29, 0.717) is 23.7 Å². The first-order valence-electron chi connectivity index (χ1n) is 7.11. The minimum absolute atomic E-state index is 0.118. The summed E-state index contributed by atoms with van der Waals surface area (Å²) < 4.78 is 13.5. The number of quaternary nitrogens is 1. The van der Waals surface area contributed by atoms with Crippen LogP contribution in [0.4, 0.5) is 4.39 Å². The van der Waals surface area contributed by atoms with Crippen LogP contribution in [0.2, 0.25) is 5.02 Å². The largest absolute Gasteiger partial charge is 0.347 e. The lowest BCUT2D eigenvalue weighted by Gasteiger charge is -2.14. The fourth-order valence-corrected chi connectivity index (χ4v) is 2.40. The van der Waals surface area contributed by atoms with Crippen LogP contribution in [0.25, 0.3) is 0 Å². The van der Waals surface area contributed by atoms with E-state index >= 15 is 0 Å². The van der Waals surface area contributed by atoms with Crippen molar-refractivity contribution in [2.45, 2.75) is 13.1 Å². The highest BCUT2D eigenvalue weighted by atomic mass is 35.5. The van der Waals surface area contributed by atoms with Gasteiger partial charge in [-0.1, -0.05) is 48.0 Å². The van der Waals surface area contributed by atoms with Gasteiger partial charge in [-0.2, -0.15) is 0 Å². The summed E-state index contributed by atoms with van der Waals surface area (Å²) in [6, 6.07) is 14.0. The number of halogens is 2. The number of benzene rings is 2. The quantitative estimate of drug-likeness (QED) is 0.836. The van der Waals surface area contributed by atoms with E-state index in [0.717, 1.165) is 10.5 Å². The molecule has 0 fully saturated rings. The van der Waals surface area contributed by atoms with Gasteiger partial charge in [0.05, 0.1) is 7.05 Å². The Labute approximate surface area is 134 Å². The van der Waals surface area contributed by atoms with Crippen molar-refractivity contribution in [3.8, 4) is 0 Å². The zero-order chi connectivity index (χ0) is 15.9. The van der Waals surface area contributed by atoms with Crippen LogP contribution in [-0.4, -0.2) is 19.5 Å². The van der Waals surface area contributed by atoms with Gasteiger partial charge in [-0.3, -0.25) is 4.79 Å². The van der Waals surface area contributed by atoms with Gasteiger partial charge in [-0.15, -0.1) is 0 Å². The Bertz CT molecular complexity index is 648. The molecule has 0 saturated carbocycles. The molecule has 5 heteroatoms. The molecule has 0 bridgehead atoms. The van der Waals surface area contributed by atoms with Gasteiger partial charge >= 0.3 is 0 Å². The number of carbonyl (C=O) groups is 1. The molecular weight excluding hydrogens is 303 g/mol. The topological polar surface area (TPSA) is 33.5 Å². The van der Waals surface area contributed by atoms with Crippen LogP contribution in [-0.2, 0) is 17.9 Å². The Morgan fingerprint density at radius 3 is 2.45 bits per heavy atom. The molecule has 0 saturated heterocycles. The molecule has 1 unspecified atom stereocenters. The summed E-state index contributed by atoms with van der Waals surface area (Å²) in [5.74, 6) is -0.424. The number of nitrogens with one attached hydrogen (secondary N) is 2. The summed E-state index contributed by atoms with van der Waals surface area (Å²) in [5, 5.41) is 3.44. The fraction of sp³-hybridized carbons (Fsp3) is 0.235. The van der Waals surface area contributed by atoms with Crippen LogP contribution in [0.1, 0.15) is 11.1 Å². The Hall–Kier alpha value is -1.91. The summed E-state index contributed by atoms with van der Waals surface area (Å²) in [6.07, 6.45) is 0. The highest BCUT2D eigenvalue weighted by molar-refractivity contribution is 6.31. The van der Waals surface area contributed by atoms with E-state index in [9.17, 15) is 9.18 Å². The van der Waals surface area contributed by atoms with Crippen molar-refractivity contribution in [2.75, 3.05) is 13.6 Å². The lowest BCUT2D eigenvalue weighted by Crippen LogP contribution is -3.08. The lowest BCUT2D eigenvalue weighted by molar-refractivity contribution is -0.885. The van der Waals surface area contributed by atoms with Crippen molar-refractivity contribution < 1.29 is 14.1 Å². The van der Waals surface area contributed by atoms with Gasteiger partial charge in [0.2, 0.25) is 0 Å². The summed E-state index contributed by atoms with van der Waals surface area (Å²) in [7, 11) is 1.92. The first-order valence-corrected chi connectivity index (χ1v) is 7.49. The SMILES string of the molecule is C[NH+](CC(=O)NCc1ccccc1F)Cc1ccccc1Cl. The van der Waals surface area contributed by atoms with Crippen molar-refractivity contribution in [1.82, 2.24) is 5.32 Å². The Balaban J connectivity index is 1.82. The van der Waals surface area contributed by atoms with E-state index < -0.39 is 0 Å². The van der Waals surface area contributed by atoms with Gasteiger partial charge in [0.1, 0.15) is 12.4 Å². The molecule has 22 heavy (non-hydrogen) atoms. The Kier molecular flexibility index (Phi) is 5.92. The van der Waals surface area contributed by atoms with Gasteiger partial charge in [0.15, 0.2) is 6.54 Å². The maximum Gasteiger partial charge on any atom is 0.275 e. The summed E-state index contributed by atoms with van der Waals surface area (Å²) >= 11 is 6.11. The van der Waals surface area contributed by atoms with Crippen LogP contribution in [0.3, 0.4) is 0 Å². The van der Waals surface area contributed by atoms with Gasteiger partial charge in [0, 0.05) is 22.7 Å². The highest BCUT2D eigenvalue weighted by Gasteiger charge is 2.12. The lowest BCUT2D eigenvalue weighted by atomic mass is 10.2. The molecule has 2 aromatic carbocycles. The molecule has 1 atom stereocenters. The maximum absolute atomic E-state index is 13.5. The normalized spacial score (nSPS) is 12.0. The zero-order valence-corrected chi connectivity index (χ0v) is 13.2. The van der Waals surface area contributed by atoms with E-state index in [-0.39, 0.29) is 18.3 Å². The minimum Gasteiger partial charge on any atom is -0.347 e. The molecule has 0 heterocycles. The van der Waals surface area contributed by atoms with Crippen LogP contribution >= 0.6 is 11.6 Å². The average molecular weight is 322 g/mol. The second-order valence-electron chi connectivity index (χ2n) is 5.27. The Morgan fingerprint density at radius 1 is 1.14 bits per heavy atom. The van der Waals surface area contributed by atoms with Crippen molar-refractivity contribution in [1.29, 1.82) is 0 Å². The predicted molar refractivity (Wildman–Crippen MR) is 85.2 cm³/mol. The molecule has 0 aliphatic rings. The maximum atomic E-state index is 13.5. The molecule has 116 valence electrons. The number of hydrogen-bond donors (Lipinski definition) is 2. The Morgan fingerprint density at radius 2 is 1.77 bits per heavy atom. The van der Waals surface area contributed by atoms with Crippen molar-refractivity contribution in [3.05, 3.63) is 70.5 Å². The second-order valence-corrected chi connectivity index (χ2v) is 5.68. The molecule has 1 amide bonds. The van der Waals surface area contributed by atoms with E-state index in [2.05, 4.69) is 5.32 Å². The van der Waals surface area contributed by atoms with Gasteiger partial charge in [0.25, 0.3) is 5.91 Å². The van der Waals surface area contributed by atoms with Crippen LogP contribution in [0.5, 0.6) is 0 Å². The van der Waals surface area contributed by atoms with Crippen molar-refractivity contribution in [3.63, 3.8) is 0 Å². The number of rotatable bonds is 6. The molecule has 2 rings (SSSR count). The average Bonchev–Trinajstić information content (AvgIpc) is 2.49. The second kappa shape index (κ2) is 7.92. The van der Waals surface area contributed by atoms with Gasteiger partial charge in [-0.05, 0) is 12.1 Å². The monoisotopic (exact) mass is 321 g/mol. The van der Waals surface area contributed by atoms with E-state index in [1.807, 2.05) is 31.3 Å². The molecule has 0 aromatic heterocycles. The van der Waals surface area contributed by atoms with Crippen molar-refractivity contribution >= 4 is 17.5 Å². The molecular formula is C17H19ClFN2O+. The molecule has 0 spiro atoms. The van der Waals surface area contributed by atoms with E-state index in [4.69, 9.17) is 11.6 Å².